The summed E-state index contributed by atoms with van der Waals surface area (Å²) in [5.41, 5.74) is 0. The summed E-state index contributed by atoms with van der Waals surface area (Å²) in [7, 11) is 0. The molecule has 106 valence electrons. The van der Waals surface area contributed by atoms with Crippen LogP contribution in [0.3, 0.4) is 0 Å². The van der Waals surface area contributed by atoms with Crippen molar-refractivity contribution in [1.82, 2.24) is 20.2 Å². The molecule has 2 rings (SSSR count). The highest BCUT2D eigenvalue weighted by Crippen LogP contribution is 2.15. The summed E-state index contributed by atoms with van der Waals surface area (Å²) in [6.45, 7) is 1.37. The molecule has 8 nitrogen and oxygen atoms in total. The zero-order chi connectivity index (χ0) is 14.5. The third kappa shape index (κ3) is 3.09. The molecule has 0 spiro atoms. The minimum atomic E-state index is -1.25. The number of carboxylic acids is 1. The average molecular weight is 278 g/mol. The first kappa shape index (κ1) is 13.9. The second kappa shape index (κ2) is 6.11. The Labute approximate surface area is 114 Å². The van der Waals surface area contributed by atoms with E-state index >= 15 is 0 Å². The van der Waals surface area contributed by atoms with Crippen molar-refractivity contribution in [1.29, 1.82) is 0 Å². The lowest BCUT2D eigenvalue weighted by molar-refractivity contribution is -0.144. The highest BCUT2D eigenvalue weighted by molar-refractivity contribution is 5.72. The van der Waals surface area contributed by atoms with Crippen LogP contribution in [0.2, 0.25) is 0 Å². The van der Waals surface area contributed by atoms with Crippen molar-refractivity contribution in [2.24, 2.45) is 0 Å². The number of tetrazole rings is 1. The molecule has 1 aromatic heterocycles. The summed E-state index contributed by atoms with van der Waals surface area (Å²) in [6.07, 6.45) is -1.13. The van der Waals surface area contributed by atoms with E-state index in [0.717, 1.165) is 4.68 Å². The molecule has 20 heavy (non-hydrogen) atoms. The van der Waals surface area contributed by atoms with Crippen LogP contribution in [0.25, 0.3) is 0 Å². The van der Waals surface area contributed by atoms with Gasteiger partial charge in [0.2, 0.25) is 0 Å². The summed E-state index contributed by atoms with van der Waals surface area (Å²) in [5, 5.41) is 29.4. The molecular formula is C12H14N4O4. The van der Waals surface area contributed by atoms with E-state index in [1.807, 2.05) is 18.2 Å². The Kier molecular flexibility index (Phi) is 4.26. The predicted molar refractivity (Wildman–Crippen MR) is 66.9 cm³/mol. The maximum atomic E-state index is 11.1. The minimum absolute atomic E-state index is 0.00745. The van der Waals surface area contributed by atoms with Gasteiger partial charge in [-0.1, -0.05) is 18.2 Å². The van der Waals surface area contributed by atoms with Crippen LogP contribution in [0.5, 0.6) is 5.75 Å². The number of para-hydroxylation sites is 1. The highest BCUT2D eigenvalue weighted by atomic mass is 16.5. The fourth-order valence-corrected chi connectivity index (χ4v) is 1.70. The third-order valence-electron chi connectivity index (χ3n) is 2.65. The van der Waals surface area contributed by atoms with Crippen LogP contribution in [0.4, 0.5) is 0 Å². The molecule has 0 aliphatic rings. The monoisotopic (exact) mass is 278 g/mol. The van der Waals surface area contributed by atoms with Crippen molar-refractivity contribution in [2.75, 3.05) is 0 Å². The molecule has 2 atom stereocenters. The number of benzene rings is 1. The number of hydrogen-bond donors (Lipinski definition) is 2. The van der Waals surface area contributed by atoms with E-state index in [-0.39, 0.29) is 12.4 Å². The Morgan fingerprint density at radius 2 is 2.10 bits per heavy atom. The summed E-state index contributed by atoms with van der Waals surface area (Å²) in [6, 6.07) is 7.75. The van der Waals surface area contributed by atoms with Gasteiger partial charge in [-0.3, -0.25) is 0 Å². The molecule has 0 saturated heterocycles. The number of rotatable bonds is 6. The van der Waals surface area contributed by atoms with Gasteiger partial charge in [-0.15, -0.1) is 5.10 Å². The van der Waals surface area contributed by atoms with E-state index in [9.17, 15) is 9.90 Å². The lowest BCUT2D eigenvalue weighted by atomic mass is 10.2. The Bertz CT molecular complexity index is 570. The van der Waals surface area contributed by atoms with Gasteiger partial charge < -0.3 is 14.9 Å². The van der Waals surface area contributed by atoms with Crippen LogP contribution in [0.1, 0.15) is 18.8 Å². The molecule has 0 aliphatic carbocycles. The predicted octanol–water partition coefficient (Wildman–Crippen LogP) is 0.259. The normalized spacial score (nSPS) is 13.7. The molecule has 2 aromatic rings. The SMILES string of the molecule is CC(O)C(C(=O)O)n1nnnc1COc1ccccc1. The summed E-state index contributed by atoms with van der Waals surface area (Å²) < 4.78 is 6.51. The standard InChI is InChI=1S/C12H14N4O4/c1-8(17)11(12(18)19)16-10(13-14-15-16)7-20-9-5-3-2-4-6-9/h2-6,8,11,17H,7H2,1H3,(H,18,19). The van der Waals surface area contributed by atoms with Crippen molar-refractivity contribution >= 4 is 5.97 Å². The molecule has 0 aliphatic heterocycles. The van der Waals surface area contributed by atoms with Gasteiger partial charge in [-0.2, -0.15) is 0 Å². The number of aliphatic carboxylic acids is 1. The first-order valence-electron chi connectivity index (χ1n) is 5.95. The van der Waals surface area contributed by atoms with Crippen molar-refractivity contribution < 1.29 is 19.7 Å². The molecule has 0 bridgehead atoms. The minimum Gasteiger partial charge on any atom is -0.486 e. The third-order valence-corrected chi connectivity index (χ3v) is 2.65. The molecule has 0 saturated carbocycles. The quantitative estimate of drug-likeness (QED) is 0.779. The van der Waals surface area contributed by atoms with Gasteiger partial charge in [0.15, 0.2) is 11.9 Å². The smallest absolute Gasteiger partial charge is 0.331 e. The lowest BCUT2D eigenvalue weighted by Gasteiger charge is -2.16. The summed E-state index contributed by atoms with van der Waals surface area (Å²) >= 11 is 0. The van der Waals surface area contributed by atoms with Gasteiger partial charge in [0.25, 0.3) is 0 Å². The van der Waals surface area contributed by atoms with E-state index in [1.54, 1.807) is 12.1 Å². The molecule has 0 fully saturated rings. The average Bonchev–Trinajstić information content (AvgIpc) is 2.85. The second-order valence-electron chi connectivity index (χ2n) is 4.17. The van der Waals surface area contributed by atoms with Crippen LogP contribution >= 0.6 is 0 Å². The zero-order valence-corrected chi connectivity index (χ0v) is 10.7. The van der Waals surface area contributed by atoms with Crippen molar-refractivity contribution in [3.05, 3.63) is 36.2 Å². The topological polar surface area (TPSA) is 110 Å². The molecule has 0 amide bonds. The fourth-order valence-electron chi connectivity index (χ4n) is 1.70. The first-order valence-corrected chi connectivity index (χ1v) is 5.95. The maximum Gasteiger partial charge on any atom is 0.331 e. The van der Waals surface area contributed by atoms with E-state index in [0.29, 0.717) is 5.75 Å². The van der Waals surface area contributed by atoms with Gasteiger partial charge in [-0.25, -0.2) is 9.48 Å². The molecule has 2 unspecified atom stereocenters. The van der Waals surface area contributed by atoms with Crippen LogP contribution < -0.4 is 4.74 Å². The Hall–Kier alpha value is -2.48. The lowest BCUT2D eigenvalue weighted by Crippen LogP contribution is -2.31. The number of aliphatic hydroxyl groups is 1. The number of hydrogen-bond acceptors (Lipinski definition) is 6. The Morgan fingerprint density at radius 1 is 1.40 bits per heavy atom. The summed E-state index contributed by atoms with van der Waals surface area (Å²) in [5.74, 6) is -0.374. The van der Waals surface area contributed by atoms with Gasteiger partial charge in [-0.05, 0) is 29.5 Å². The van der Waals surface area contributed by atoms with E-state index in [2.05, 4.69) is 15.5 Å². The highest BCUT2D eigenvalue weighted by Gasteiger charge is 2.29. The zero-order valence-electron chi connectivity index (χ0n) is 10.7. The summed E-state index contributed by atoms with van der Waals surface area (Å²) in [4.78, 5) is 11.1. The van der Waals surface area contributed by atoms with Crippen molar-refractivity contribution in [3.8, 4) is 5.75 Å². The van der Waals surface area contributed by atoms with E-state index in [4.69, 9.17) is 9.84 Å². The number of aromatic nitrogens is 4. The van der Waals surface area contributed by atoms with Gasteiger partial charge in [0.1, 0.15) is 12.4 Å². The molecular weight excluding hydrogens is 264 g/mol. The fraction of sp³-hybridized carbons (Fsp3) is 0.333. The number of carbonyl (C=O) groups is 1. The van der Waals surface area contributed by atoms with Crippen molar-refractivity contribution in [3.63, 3.8) is 0 Å². The van der Waals surface area contributed by atoms with Crippen LogP contribution in [0.15, 0.2) is 30.3 Å². The van der Waals surface area contributed by atoms with Crippen LogP contribution in [0, 0.1) is 0 Å². The number of aliphatic hydroxyl groups excluding tert-OH is 1. The van der Waals surface area contributed by atoms with Crippen molar-refractivity contribution in [2.45, 2.75) is 25.7 Å². The van der Waals surface area contributed by atoms with E-state index < -0.39 is 18.1 Å². The largest absolute Gasteiger partial charge is 0.486 e. The van der Waals surface area contributed by atoms with Gasteiger partial charge in [0.05, 0.1) is 6.10 Å². The van der Waals surface area contributed by atoms with Crippen LogP contribution in [-0.4, -0.2) is 42.5 Å². The molecule has 1 heterocycles. The number of ether oxygens (including phenoxy) is 1. The van der Waals surface area contributed by atoms with Crippen LogP contribution in [-0.2, 0) is 11.4 Å². The first-order chi connectivity index (χ1) is 9.59. The Balaban J connectivity index is 2.14. The van der Waals surface area contributed by atoms with Gasteiger partial charge in [0, 0.05) is 0 Å². The molecule has 0 radical (unpaired) electrons. The van der Waals surface area contributed by atoms with Gasteiger partial charge >= 0.3 is 5.97 Å². The number of carboxylic acid groups (broad SMARTS) is 1. The maximum absolute atomic E-state index is 11.1. The van der Waals surface area contributed by atoms with E-state index in [1.165, 1.54) is 6.92 Å². The Morgan fingerprint density at radius 3 is 2.70 bits per heavy atom. The second-order valence-corrected chi connectivity index (χ2v) is 4.17. The number of nitrogens with zero attached hydrogens (tertiary/aromatic N) is 4. The molecule has 2 N–H and O–H groups in total. The molecule has 8 heteroatoms. The molecule has 1 aromatic carbocycles.